The lowest BCUT2D eigenvalue weighted by molar-refractivity contribution is 0.0526. The summed E-state index contributed by atoms with van der Waals surface area (Å²) in [5.74, 6) is 0.0427. The van der Waals surface area contributed by atoms with E-state index in [2.05, 4.69) is 15.1 Å². The first kappa shape index (κ1) is 15.0. The highest BCUT2D eigenvalue weighted by Crippen LogP contribution is 2.13. The quantitative estimate of drug-likeness (QED) is 0.528. The van der Waals surface area contributed by atoms with E-state index in [0.29, 0.717) is 34.5 Å². The number of pyridine rings is 1. The van der Waals surface area contributed by atoms with E-state index >= 15 is 0 Å². The molecule has 3 aromatic heterocycles. The van der Waals surface area contributed by atoms with Crippen molar-refractivity contribution in [3.63, 3.8) is 0 Å². The van der Waals surface area contributed by atoms with Gasteiger partial charge in [0.05, 0.1) is 23.1 Å². The Hall–Kier alpha value is -3.55. The van der Waals surface area contributed by atoms with Crippen LogP contribution in [0.2, 0.25) is 0 Å². The molecule has 0 unspecified atom stereocenters. The molecule has 0 saturated carbocycles. The average Bonchev–Trinajstić information content (AvgIpc) is 3.11. The molecule has 0 atom stereocenters. The van der Waals surface area contributed by atoms with Gasteiger partial charge in [0.25, 0.3) is 11.3 Å². The second-order valence-electron chi connectivity index (χ2n) is 5.29. The number of hydrogen-bond acceptors (Lipinski definition) is 6. The molecule has 0 bridgehead atoms. The van der Waals surface area contributed by atoms with E-state index in [9.17, 15) is 9.59 Å². The van der Waals surface area contributed by atoms with Crippen molar-refractivity contribution in [1.82, 2.24) is 24.1 Å². The minimum Gasteiger partial charge on any atom is -0.462 e. The molecule has 0 spiro atoms. The molecule has 0 aliphatic heterocycles. The van der Waals surface area contributed by atoms with Crippen molar-refractivity contribution in [1.29, 1.82) is 0 Å². The highest BCUT2D eigenvalue weighted by atomic mass is 16.5. The fraction of sp³-hybridized carbons (Fsp3) is 0.118. The molecule has 0 fully saturated rings. The van der Waals surface area contributed by atoms with Crippen molar-refractivity contribution in [3.05, 3.63) is 65.0 Å². The predicted molar refractivity (Wildman–Crippen MR) is 89.8 cm³/mol. The zero-order chi connectivity index (χ0) is 17.4. The fourth-order valence-corrected chi connectivity index (χ4v) is 2.64. The third kappa shape index (κ3) is 2.44. The zero-order valence-corrected chi connectivity index (χ0v) is 13.3. The van der Waals surface area contributed by atoms with Gasteiger partial charge in [0, 0.05) is 18.1 Å². The van der Waals surface area contributed by atoms with Crippen LogP contribution in [-0.4, -0.2) is 36.7 Å². The molecular weight excluding hydrogens is 322 g/mol. The maximum Gasteiger partial charge on any atom is 0.338 e. The molecule has 8 heteroatoms. The van der Waals surface area contributed by atoms with Gasteiger partial charge in [-0.1, -0.05) is 0 Å². The van der Waals surface area contributed by atoms with Crippen molar-refractivity contribution in [2.75, 3.05) is 6.61 Å². The number of esters is 1. The Kier molecular flexibility index (Phi) is 3.50. The van der Waals surface area contributed by atoms with Crippen molar-refractivity contribution >= 4 is 22.6 Å². The normalized spacial score (nSPS) is 11.1. The molecule has 8 nitrogen and oxygen atoms in total. The molecule has 3 heterocycles. The van der Waals surface area contributed by atoms with Gasteiger partial charge in [0.15, 0.2) is 0 Å². The van der Waals surface area contributed by atoms with E-state index in [1.54, 1.807) is 43.5 Å². The highest BCUT2D eigenvalue weighted by Gasteiger charge is 2.11. The number of benzene rings is 1. The summed E-state index contributed by atoms with van der Waals surface area (Å²) in [7, 11) is 0. The van der Waals surface area contributed by atoms with Crippen LogP contribution in [-0.2, 0) is 4.74 Å². The van der Waals surface area contributed by atoms with Crippen LogP contribution >= 0.6 is 0 Å². The van der Waals surface area contributed by atoms with Gasteiger partial charge in [-0.15, -0.1) is 0 Å². The van der Waals surface area contributed by atoms with Gasteiger partial charge in [0.2, 0.25) is 0 Å². The summed E-state index contributed by atoms with van der Waals surface area (Å²) < 4.78 is 7.96. The summed E-state index contributed by atoms with van der Waals surface area (Å²) >= 11 is 0. The first-order chi connectivity index (χ1) is 12.2. The summed E-state index contributed by atoms with van der Waals surface area (Å²) in [5.41, 5.74) is 1.47. The van der Waals surface area contributed by atoms with Gasteiger partial charge < -0.3 is 4.74 Å². The van der Waals surface area contributed by atoms with Gasteiger partial charge in [-0.2, -0.15) is 14.6 Å². The molecule has 4 rings (SSSR count). The van der Waals surface area contributed by atoms with E-state index in [-0.39, 0.29) is 5.56 Å². The van der Waals surface area contributed by atoms with Crippen LogP contribution in [0.3, 0.4) is 0 Å². The van der Waals surface area contributed by atoms with Crippen LogP contribution in [0.25, 0.3) is 22.4 Å². The Morgan fingerprint density at radius 1 is 1.16 bits per heavy atom. The monoisotopic (exact) mass is 335 g/mol. The summed E-state index contributed by atoms with van der Waals surface area (Å²) in [5, 5.41) is 4.51. The second-order valence-corrected chi connectivity index (χ2v) is 5.29. The number of ether oxygens (including phenoxy) is 1. The maximum absolute atomic E-state index is 12.8. The van der Waals surface area contributed by atoms with Crippen LogP contribution < -0.4 is 5.56 Å². The van der Waals surface area contributed by atoms with Gasteiger partial charge in [-0.05, 0) is 37.3 Å². The lowest BCUT2D eigenvalue weighted by Crippen LogP contribution is -2.19. The Bertz CT molecular complexity index is 1140. The molecule has 124 valence electrons. The van der Waals surface area contributed by atoms with Crippen LogP contribution in [0.1, 0.15) is 17.3 Å². The molecular formula is C17H13N5O3. The van der Waals surface area contributed by atoms with Gasteiger partial charge in [-0.3, -0.25) is 9.36 Å². The number of hydrogen-bond donors (Lipinski definition) is 0. The maximum atomic E-state index is 12.8. The molecule has 0 saturated heterocycles. The lowest BCUT2D eigenvalue weighted by atomic mass is 10.2. The second kappa shape index (κ2) is 5.82. The topological polar surface area (TPSA) is 91.4 Å². The van der Waals surface area contributed by atoms with Crippen molar-refractivity contribution in [2.24, 2.45) is 0 Å². The highest BCUT2D eigenvalue weighted by molar-refractivity contribution is 5.89. The van der Waals surface area contributed by atoms with Gasteiger partial charge >= 0.3 is 5.97 Å². The first-order valence-electron chi connectivity index (χ1n) is 7.66. The number of carbonyl (C=O) groups is 1. The summed E-state index contributed by atoms with van der Waals surface area (Å²) in [6.45, 7) is 2.06. The van der Waals surface area contributed by atoms with E-state index in [0.717, 1.165) is 0 Å². The Morgan fingerprint density at radius 3 is 2.72 bits per heavy atom. The van der Waals surface area contributed by atoms with Crippen LogP contribution in [0, 0.1) is 0 Å². The smallest absolute Gasteiger partial charge is 0.338 e. The van der Waals surface area contributed by atoms with E-state index in [1.165, 1.54) is 21.6 Å². The number of nitrogens with zero attached hydrogens (tertiary/aromatic N) is 5. The number of aromatic nitrogens is 5. The van der Waals surface area contributed by atoms with Crippen LogP contribution in [0.4, 0.5) is 0 Å². The van der Waals surface area contributed by atoms with Crippen LogP contribution in [0.15, 0.2) is 53.8 Å². The Morgan fingerprint density at radius 2 is 1.96 bits per heavy atom. The Labute approximate surface area is 141 Å². The molecule has 0 N–H and O–H groups in total. The fourth-order valence-electron chi connectivity index (χ4n) is 2.64. The van der Waals surface area contributed by atoms with Gasteiger partial charge in [-0.25, -0.2) is 9.78 Å². The molecule has 4 aromatic rings. The average molecular weight is 335 g/mol. The summed E-state index contributed by atoms with van der Waals surface area (Å²) in [6.07, 6.45) is 4.54. The van der Waals surface area contributed by atoms with E-state index in [1.807, 2.05) is 0 Å². The first-order valence-corrected chi connectivity index (χ1v) is 7.66. The molecule has 0 aliphatic carbocycles. The number of fused-ring (bicyclic) bond motifs is 3. The van der Waals surface area contributed by atoms with Crippen molar-refractivity contribution < 1.29 is 9.53 Å². The third-order valence-electron chi connectivity index (χ3n) is 3.83. The standard InChI is InChI=1S/C17H13N5O3/c1-2-25-16(24)11-3-5-12(6-4-11)21-8-7-14-13(15(21)23)9-18-17-19-10-20-22(14)17/h3-10H,2H2,1H3. The summed E-state index contributed by atoms with van der Waals surface area (Å²) in [4.78, 5) is 32.7. The zero-order valence-electron chi connectivity index (χ0n) is 13.3. The van der Waals surface area contributed by atoms with Crippen molar-refractivity contribution in [2.45, 2.75) is 6.92 Å². The van der Waals surface area contributed by atoms with Crippen molar-refractivity contribution in [3.8, 4) is 5.69 Å². The van der Waals surface area contributed by atoms with E-state index in [4.69, 9.17) is 4.74 Å². The van der Waals surface area contributed by atoms with E-state index < -0.39 is 5.97 Å². The lowest BCUT2D eigenvalue weighted by Gasteiger charge is -2.08. The summed E-state index contributed by atoms with van der Waals surface area (Å²) in [6, 6.07) is 8.42. The minimum atomic E-state index is -0.391. The molecule has 0 aliphatic rings. The minimum absolute atomic E-state index is 0.230. The molecule has 25 heavy (non-hydrogen) atoms. The largest absolute Gasteiger partial charge is 0.462 e. The SMILES string of the molecule is CCOC(=O)c1ccc(-n2ccc3c(cnc4ncnn43)c2=O)cc1. The predicted octanol–water partition coefficient (Wildman–Crippen LogP) is 1.61. The number of rotatable bonds is 3. The Balaban J connectivity index is 1.81. The van der Waals surface area contributed by atoms with Gasteiger partial charge in [0.1, 0.15) is 6.33 Å². The third-order valence-corrected chi connectivity index (χ3v) is 3.83. The molecule has 0 amide bonds. The number of carbonyl (C=O) groups excluding carboxylic acids is 1. The van der Waals surface area contributed by atoms with Crippen LogP contribution in [0.5, 0.6) is 0 Å². The molecule has 1 aromatic carbocycles. The molecule has 0 radical (unpaired) electrons.